The Balaban J connectivity index is 1.45. The molecule has 0 bridgehead atoms. The number of likely N-dealkylation sites (tertiary alicyclic amines) is 1. The number of fused-ring (bicyclic) bond motifs is 2. The van der Waals surface area contributed by atoms with Gasteiger partial charge in [0.05, 0.1) is 18.8 Å². The molecule has 118 valence electrons. The van der Waals surface area contributed by atoms with E-state index in [1.807, 2.05) is 16.0 Å². The van der Waals surface area contributed by atoms with Crippen molar-refractivity contribution >= 4 is 11.3 Å². The normalized spacial score (nSPS) is 21.1. The summed E-state index contributed by atoms with van der Waals surface area (Å²) < 4.78 is 8.25. The molecule has 0 amide bonds. The molecule has 0 radical (unpaired) electrons. The molecule has 0 aromatic carbocycles. The van der Waals surface area contributed by atoms with Crippen molar-refractivity contribution in [3.05, 3.63) is 34.0 Å². The van der Waals surface area contributed by atoms with Crippen molar-refractivity contribution in [1.82, 2.24) is 19.7 Å². The third-order valence-corrected chi connectivity index (χ3v) is 5.95. The summed E-state index contributed by atoms with van der Waals surface area (Å²) in [7, 11) is 0. The number of rotatable bonds is 3. The van der Waals surface area contributed by atoms with Crippen molar-refractivity contribution < 1.29 is 4.74 Å². The zero-order valence-electron chi connectivity index (χ0n) is 13.0. The van der Waals surface area contributed by atoms with E-state index < -0.39 is 0 Å². The van der Waals surface area contributed by atoms with Gasteiger partial charge in [0.15, 0.2) is 0 Å². The maximum absolute atomic E-state index is 6.27. The van der Waals surface area contributed by atoms with Gasteiger partial charge >= 0.3 is 0 Å². The van der Waals surface area contributed by atoms with E-state index in [9.17, 15) is 0 Å². The summed E-state index contributed by atoms with van der Waals surface area (Å²) >= 11 is 1.89. The van der Waals surface area contributed by atoms with Crippen molar-refractivity contribution in [1.29, 1.82) is 0 Å². The topological polar surface area (TPSA) is 43.2 Å². The van der Waals surface area contributed by atoms with Gasteiger partial charge in [0, 0.05) is 30.9 Å². The highest BCUT2D eigenvalue weighted by atomic mass is 32.1. The number of aryl methyl sites for hydroxylation is 1. The second-order valence-electron chi connectivity index (χ2n) is 6.12. The van der Waals surface area contributed by atoms with E-state index in [4.69, 9.17) is 4.74 Å². The fourth-order valence-corrected chi connectivity index (χ4v) is 4.67. The van der Waals surface area contributed by atoms with Crippen LogP contribution < -0.4 is 0 Å². The van der Waals surface area contributed by atoms with E-state index in [2.05, 4.69) is 33.4 Å². The summed E-state index contributed by atoms with van der Waals surface area (Å²) in [6, 6.07) is 2.28. The van der Waals surface area contributed by atoms with E-state index >= 15 is 0 Å². The third-order valence-electron chi connectivity index (χ3n) is 4.97. The van der Waals surface area contributed by atoms with E-state index in [1.54, 1.807) is 6.33 Å². The predicted molar refractivity (Wildman–Crippen MR) is 85.9 cm³/mol. The highest BCUT2D eigenvalue weighted by Gasteiger charge is 2.41. The first kappa shape index (κ1) is 14.4. The van der Waals surface area contributed by atoms with Gasteiger partial charge in [0.25, 0.3) is 0 Å². The molecule has 2 aromatic heterocycles. The molecule has 0 N–H and O–H groups in total. The summed E-state index contributed by atoms with van der Waals surface area (Å²) in [5.74, 6) is 1.07. The van der Waals surface area contributed by atoms with Crippen molar-refractivity contribution in [2.45, 2.75) is 44.9 Å². The van der Waals surface area contributed by atoms with Gasteiger partial charge in [-0.05, 0) is 36.8 Å². The summed E-state index contributed by atoms with van der Waals surface area (Å²) in [4.78, 5) is 8.40. The number of nitrogens with zero attached hydrogens (tertiary/aromatic N) is 4. The third kappa shape index (κ3) is 2.39. The lowest BCUT2D eigenvalue weighted by Crippen LogP contribution is -2.46. The highest BCUT2D eigenvalue weighted by Crippen LogP contribution is 2.43. The van der Waals surface area contributed by atoms with Crippen LogP contribution in [-0.4, -0.2) is 39.4 Å². The van der Waals surface area contributed by atoms with Gasteiger partial charge in [0.1, 0.15) is 12.2 Å². The lowest BCUT2D eigenvalue weighted by Gasteiger charge is -2.44. The monoisotopic (exact) mass is 318 g/mol. The maximum atomic E-state index is 6.27. The maximum Gasteiger partial charge on any atom is 0.140 e. The van der Waals surface area contributed by atoms with Crippen molar-refractivity contribution in [3.63, 3.8) is 0 Å². The molecule has 0 aliphatic carbocycles. The van der Waals surface area contributed by atoms with Crippen LogP contribution in [0.2, 0.25) is 0 Å². The molecular weight excluding hydrogens is 296 g/mol. The minimum Gasteiger partial charge on any atom is -0.370 e. The first-order valence-corrected chi connectivity index (χ1v) is 8.98. The molecule has 4 rings (SSSR count). The molecule has 1 spiro atoms. The lowest BCUT2D eigenvalue weighted by atomic mass is 9.82. The minimum absolute atomic E-state index is 0.0253. The second kappa shape index (κ2) is 5.76. The van der Waals surface area contributed by atoms with Crippen molar-refractivity contribution in [2.24, 2.45) is 0 Å². The van der Waals surface area contributed by atoms with Crippen LogP contribution in [0.25, 0.3) is 0 Å². The van der Waals surface area contributed by atoms with Gasteiger partial charge in [-0.2, -0.15) is 5.10 Å². The zero-order chi connectivity index (χ0) is 15.0. The SMILES string of the molecule is CCn1ncnc1CN1CCC2(CC1)OCCc1sccc12. The number of hydrogen-bond acceptors (Lipinski definition) is 5. The molecule has 2 aliphatic heterocycles. The Morgan fingerprint density at radius 1 is 1.36 bits per heavy atom. The molecule has 0 atom stereocenters. The molecular formula is C16H22N4OS. The van der Waals surface area contributed by atoms with E-state index in [0.29, 0.717) is 0 Å². The first-order chi connectivity index (χ1) is 10.8. The molecule has 1 saturated heterocycles. The molecule has 1 fully saturated rings. The Bertz CT molecular complexity index is 642. The molecule has 2 aliphatic rings. The van der Waals surface area contributed by atoms with Crippen LogP contribution in [0.4, 0.5) is 0 Å². The minimum atomic E-state index is -0.0253. The van der Waals surface area contributed by atoms with Gasteiger partial charge in [0.2, 0.25) is 0 Å². The van der Waals surface area contributed by atoms with E-state index in [0.717, 1.165) is 57.9 Å². The Kier molecular flexibility index (Phi) is 3.76. The number of aromatic nitrogens is 3. The Hall–Kier alpha value is -1.24. The van der Waals surface area contributed by atoms with Gasteiger partial charge in [-0.25, -0.2) is 9.67 Å². The van der Waals surface area contributed by atoms with E-state index in [1.165, 1.54) is 10.4 Å². The quantitative estimate of drug-likeness (QED) is 0.872. The van der Waals surface area contributed by atoms with Crippen molar-refractivity contribution in [3.8, 4) is 0 Å². The standard InChI is InChI=1S/C16H22N4OS/c1-2-20-15(17-12-18-20)11-19-7-5-16(6-8-19)13-4-10-22-14(13)3-9-21-16/h4,10,12H,2-3,5-9,11H2,1H3. The molecule has 0 saturated carbocycles. The molecule has 4 heterocycles. The Morgan fingerprint density at radius 3 is 3.05 bits per heavy atom. The van der Waals surface area contributed by atoms with Crippen LogP contribution in [0.3, 0.4) is 0 Å². The van der Waals surface area contributed by atoms with Crippen LogP contribution in [0.15, 0.2) is 17.8 Å². The van der Waals surface area contributed by atoms with Crippen LogP contribution in [0.1, 0.15) is 36.0 Å². The fraction of sp³-hybridized carbons (Fsp3) is 0.625. The highest BCUT2D eigenvalue weighted by molar-refractivity contribution is 7.10. The van der Waals surface area contributed by atoms with Gasteiger partial charge in [-0.15, -0.1) is 11.3 Å². The number of hydrogen-bond donors (Lipinski definition) is 0. The van der Waals surface area contributed by atoms with Gasteiger partial charge in [-0.3, -0.25) is 4.90 Å². The second-order valence-corrected chi connectivity index (χ2v) is 7.12. The number of ether oxygens (including phenoxy) is 1. The summed E-state index contributed by atoms with van der Waals surface area (Å²) in [5, 5.41) is 6.48. The summed E-state index contributed by atoms with van der Waals surface area (Å²) in [6.07, 6.45) is 4.90. The van der Waals surface area contributed by atoms with Crippen LogP contribution in [-0.2, 0) is 29.8 Å². The van der Waals surface area contributed by atoms with Gasteiger partial charge < -0.3 is 4.74 Å². The molecule has 22 heavy (non-hydrogen) atoms. The van der Waals surface area contributed by atoms with Gasteiger partial charge in [-0.1, -0.05) is 0 Å². The largest absolute Gasteiger partial charge is 0.370 e. The Labute approximate surface area is 134 Å². The average molecular weight is 318 g/mol. The van der Waals surface area contributed by atoms with Crippen LogP contribution >= 0.6 is 11.3 Å². The molecule has 5 nitrogen and oxygen atoms in total. The zero-order valence-corrected chi connectivity index (χ0v) is 13.8. The summed E-state index contributed by atoms with van der Waals surface area (Å²) in [5.41, 5.74) is 1.43. The fourth-order valence-electron chi connectivity index (χ4n) is 3.72. The molecule has 2 aromatic rings. The smallest absolute Gasteiger partial charge is 0.140 e. The van der Waals surface area contributed by atoms with Crippen molar-refractivity contribution in [2.75, 3.05) is 19.7 Å². The summed E-state index contributed by atoms with van der Waals surface area (Å²) in [6.45, 7) is 6.88. The molecule has 0 unspecified atom stereocenters. The van der Waals surface area contributed by atoms with E-state index in [-0.39, 0.29) is 5.60 Å². The Morgan fingerprint density at radius 2 is 2.23 bits per heavy atom. The predicted octanol–water partition coefficient (Wildman–Crippen LogP) is 2.42. The first-order valence-electron chi connectivity index (χ1n) is 8.10. The lowest BCUT2D eigenvalue weighted by molar-refractivity contribution is -0.0984. The number of piperidine rings is 1. The molecule has 6 heteroatoms. The average Bonchev–Trinajstić information content (AvgIpc) is 3.19. The van der Waals surface area contributed by atoms with Crippen LogP contribution in [0, 0.1) is 0 Å². The van der Waals surface area contributed by atoms with Crippen LogP contribution in [0.5, 0.6) is 0 Å². The number of thiophene rings is 1.